The van der Waals surface area contributed by atoms with Crippen LogP contribution in [-0.4, -0.2) is 89.1 Å². The number of hydrogen-bond acceptors (Lipinski definition) is 6. The van der Waals surface area contributed by atoms with Gasteiger partial charge in [-0.3, -0.25) is 14.5 Å². The Morgan fingerprint density at radius 3 is 2.79 bits per heavy atom. The molecule has 2 fully saturated rings. The van der Waals surface area contributed by atoms with Gasteiger partial charge < -0.3 is 15.0 Å². The predicted molar refractivity (Wildman–Crippen MR) is 102 cm³/mol. The molecule has 4 rings (SSSR count). The molecule has 1 unspecified atom stereocenters. The highest BCUT2D eigenvalue weighted by Crippen LogP contribution is 2.12. The van der Waals surface area contributed by atoms with E-state index in [1.807, 2.05) is 29.2 Å². The number of nitrogens with zero attached hydrogens (tertiary/aromatic N) is 5. The number of aromatic nitrogens is 3. The third kappa shape index (κ3) is 4.66. The van der Waals surface area contributed by atoms with Gasteiger partial charge in [-0.2, -0.15) is 15.0 Å². The minimum Gasteiger partial charge on any atom is -0.379 e. The molecule has 2 aliphatic heterocycles. The Morgan fingerprint density at radius 1 is 1.21 bits per heavy atom. The van der Waals surface area contributed by atoms with Crippen molar-refractivity contribution in [3.05, 3.63) is 24.3 Å². The smallest absolute Gasteiger partial charge is 0.246 e. The number of carbonyl (C=O) groups is 2. The lowest BCUT2D eigenvalue weighted by Gasteiger charge is -2.27. The van der Waals surface area contributed by atoms with Gasteiger partial charge in [0, 0.05) is 38.6 Å². The van der Waals surface area contributed by atoms with Crippen LogP contribution in [-0.2, 0) is 20.9 Å². The number of rotatable bonds is 4. The average molecular weight is 386 g/mol. The number of nitrogens with one attached hydrogen (secondary N) is 1. The maximum absolute atomic E-state index is 12.8. The van der Waals surface area contributed by atoms with Gasteiger partial charge in [0.25, 0.3) is 0 Å². The van der Waals surface area contributed by atoms with Crippen LogP contribution < -0.4 is 5.32 Å². The van der Waals surface area contributed by atoms with E-state index < -0.39 is 0 Å². The third-order valence-electron chi connectivity index (χ3n) is 5.15. The highest BCUT2D eigenvalue weighted by molar-refractivity contribution is 5.78. The van der Waals surface area contributed by atoms with Crippen molar-refractivity contribution in [1.29, 1.82) is 0 Å². The SMILES string of the molecule is O=C1CN(CC2COCCN(C(=O)Cn3nc4ccccc4n3)C2)CCCN1. The summed E-state index contributed by atoms with van der Waals surface area (Å²) in [7, 11) is 0. The van der Waals surface area contributed by atoms with Crippen molar-refractivity contribution in [3.8, 4) is 0 Å². The van der Waals surface area contributed by atoms with Crippen molar-refractivity contribution >= 4 is 22.8 Å². The summed E-state index contributed by atoms with van der Waals surface area (Å²) in [6, 6.07) is 7.58. The number of benzene rings is 1. The summed E-state index contributed by atoms with van der Waals surface area (Å²) in [6.45, 7) is 5.21. The molecule has 2 aliphatic rings. The number of amides is 2. The van der Waals surface area contributed by atoms with E-state index in [1.54, 1.807) is 0 Å². The van der Waals surface area contributed by atoms with Crippen molar-refractivity contribution in [1.82, 2.24) is 30.1 Å². The van der Waals surface area contributed by atoms with E-state index in [0.717, 1.165) is 37.1 Å². The van der Waals surface area contributed by atoms with Gasteiger partial charge in [0.1, 0.15) is 17.6 Å². The quantitative estimate of drug-likeness (QED) is 0.778. The first-order chi connectivity index (χ1) is 13.7. The zero-order valence-corrected chi connectivity index (χ0v) is 15.9. The van der Waals surface area contributed by atoms with Crippen molar-refractivity contribution in [2.75, 3.05) is 52.5 Å². The van der Waals surface area contributed by atoms with Crippen LogP contribution in [0.3, 0.4) is 0 Å². The lowest BCUT2D eigenvalue weighted by molar-refractivity contribution is -0.132. The van der Waals surface area contributed by atoms with Crippen LogP contribution in [0.1, 0.15) is 6.42 Å². The lowest BCUT2D eigenvalue weighted by Crippen LogP contribution is -2.43. The molecule has 0 saturated carbocycles. The van der Waals surface area contributed by atoms with E-state index in [1.165, 1.54) is 4.80 Å². The van der Waals surface area contributed by atoms with Crippen LogP contribution in [0.2, 0.25) is 0 Å². The van der Waals surface area contributed by atoms with Gasteiger partial charge in [0.05, 0.1) is 19.8 Å². The molecule has 0 radical (unpaired) electrons. The van der Waals surface area contributed by atoms with E-state index in [9.17, 15) is 9.59 Å². The molecule has 1 N–H and O–H groups in total. The Morgan fingerprint density at radius 2 is 2.00 bits per heavy atom. The van der Waals surface area contributed by atoms with E-state index in [4.69, 9.17) is 4.74 Å². The second-order valence-corrected chi connectivity index (χ2v) is 7.44. The predicted octanol–water partition coefficient (Wildman–Crippen LogP) is -0.272. The molecular weight excluding hydrogens is 360 g/mol. The first-order valence-electron chi connectivity index (χ1n) is 9.82. The summed E-state index contributed by atoms with van der Waals surface area (Å²) in [4.78, 5) is 30.1. The molecule has 2 aromatic rings. The average Bonchev–Trinajstić information content (AvgIpc) is 2.81. The normalized spacial score (nSPS) is 21.9. The molecule has 1 atom stereocenters. The second kappa shape index (κ2) is 8.66. The third-order valence-corrected chi connectivity index (χ3v) is 5.15. The monoisotopic (exact) mass is 386 g/mol. The summed E-state index contributed by atoms with van der Waals surface area (Å²) in [6.07, 6.45) is 0.945. The molecule has 2 saturated heterocycles. The Labute approximate surface area is 163 Å². The van der Waals surface area contributed by atoms with Gasteiger partial charge >= 0.3 is 0 Å². The number of carbonyl (C=O) groups excluding carboxylic acids is 2. The van der Waals surface area contributed by atoms with Gasteiger partial charge in [0.15, 0.2) is 0 Å². The van der Waals surface area contributed by atoms with Crippen LogP contribution in [0.4, 0.5) is 0 Å². The Balaban J connectivity index is 1.37. The fourth-order valence-corrected chi connectivity index (χ4v) is 3.80. The summed E-state index contributed by atoms with van der Waals surface area (Å²) >= 11 is 0. The summed E-state index contributed by atoms with van der Waals surface area (Å²) in [5.41, 5.74) is 1.57. The molecule has 28 heavy (non-hydrogen) atoms. The minimum absolute atomic E-state index is 0.00980. The number of hydrogen-bond donors (Lipinski definition) is 1. The van der Waals surface area contributed by atoms with Crippen LogP contribution in [0.15, 0.2) is 24.3 Å². The highest BCUT2D eigenvalue weighted by atomic mass is 16.5. The zero-order valence-electron chi connectivity index (χ0n) is 15.9. The fourth-order valence-electron chi connectivity index (χ4n) is 3.80. The Kier molecular flexibility index (Phi) is 5.82. The van der Waals surface area contributed by atoms with E-state index in [-0.39, 0.29) is 24.3 Å². The highest BCUT2D eigenvalue weighted by Gasteiger charge is 2.26. The molecule has 0 aliphatic carbocycles. The van der Waals surface area contributed by atoms with Crippen LogP contribution in [0, 0.1) is 5.92 Å². The summed E-state index contributed by atoms with van der Waals surface area (Å²) < 4.78 is 5.73. The van der Waals surface area contributed by atoms with Crippen LogP contribution >= 0.6 is 0 Å². The second-order valence-electron chi connectivity index (χ2n) is 7.44. The number of fused-ring (bicyclic) bond motifs is 1. The molecule has 9 heteroatoms. The topological polar surface area (TPSA) is 92.6 Å². The van der Waals surface area contributed by atoms with E-state index >= 15 is 0 Å². The van der Waals surface area contributed by atoms with Crippen molar-refractivity contribution in [2.45, 2.75) is 13.0 Å². The van der Waals surface area contributed by atoms with E-state index in [0.29, 0.717) is 32.8 Å². The molecule has 1 aromatic heterocycles. The summed E-state index contributed by atoms with van der Waals surface area (Å²) in [5, 5.41) is 11.6. The molecule has 0 bridgehead atoms. The van der Waals surface area contributed by atoms with E-state index in [2.05, 4.69) is 20.4 Å². The molecule has 1 aromatic carbocycles. The first kappa shape index (κ1) is 18.8. The van der Waals surface area contributed by atoms with Crippen LogP contribution in [0.5, 0.6) is 0 Å². The Hall–Kier alpha value is -2.52. The molecule has 2 amide bonds. The van der Waals surface area contributed by atoms with Crippen molar-refractivity contribution in [2.24, 2.45) is 5.92 Å². The van der Waals surface area contributed by atoms with Gasteiger partial charge in [-0.25, -0.2) is 0 Å². The van der Waals surface area contributed by atoms with Gasteiger partial charge in [-0.1, -0.05) is 12.1 Å². The largest absolute Gasteiger partial charge is 0.379 e. The molecular formula is C19H26N6O3. The van der Waals surface area contributed by atoms with Gasteiger partial charge in [0.2, 0.25) is 11.8 Å². The first-order valence-corrected chi connectivity index (χ1v) is 9.82. The van der Waals surface area contributed by atoms with Gasteiger partial charge in [-0.15, -0.1) is 0 Å². The maximum Gasteiger partial charge on any atom is 0.246 e. The zero-order chi connectivity index (χ0) is 19.3. The molecule has 9 nitrogen and oxygen atoms in total. The minimum atomic E-state index is -0.00980. The van der Waals surface area contributed by atoms with Crippen molar-refractivity contribution < 1.29 is 14.3 Å². The molecule has 0 spiro atoms. The summed E-state index contributed by atoms with van der Waals surface area (Å²) in [5.74, 6) is 0.239. The number of ether oxygens (including phenoxy) is 1. The molecule has 3 heterocycles. The molecule has 150 valence electrons. The van der Waals surface area contributed by atoms with Crippen LogP contribution in [0.25, 0.3) is 11.0 Å². The van der Waals surface area contributed by atoms with Crippen molar-refractivity contribution in [3.63, 3.8) is 0 Å². The Bertz CT molecular complexity index is 805. The lowest BCUT2D eigenvalue weighted by atomic mass is 10.1. The standard InChI is InChI=1S/C19H26N6O3/c26-18-12-23(7-3-6-20-18)10-15-11-24(8-9-28-14-15)19(27)13-25-21-16-4-1-2-5-17(16)22-25/h1-2,4-5,15H,3,6-14H2,(H,20,26). The fraction of sp³-hybridized carbons (Fsp3) is 0.579. The maximum atomic E-state index is 12.8. The van der Waals surface area contributed by atoms with Gasteiger partial charge in [-0.05, 0) is 18.6 Å².